The van der Waals surface area contributed by atoms with Crippen molar-refractivity contribution in [1.82, 2.24) is 0 Å². The van der Waals surface area contributed by atoms with Gasteiger partial charge in [-0.15, -0.1) is 0 Å². The van der Waals surface area contributed by atoms with Crippen molar-refractivity contribution in [1.29, 1.82) is 0 Å². The van der Waals surface area contributed by atoms with E-state index in [1.54, 1.807) is 0 Å². The molecule has 0 heterocycles. The SMILES string of the molecule is CC\C=C/C=C\C=C/CCCCCCCC(=O)OC(COC(=O)CCC/C=C\C/C=C\C/C=C\C/C=C\C/C=C\CC)COC(=O)CCCCCCCCCCCCCC. The van der Waals surface area contributed by atoms with Gasteiger partial charge in [0.2, 0.25) is 0 Å². The Bertz CT molecular complexity index is 1230. The van der Waals surface area contributed by atoms with Gasteiger partial charge in [0.05, 0.1) is 0 Å². The predicted molar refractivity (Wildman–Crippen MR) is 256 cm³/mol. The van der Waals surface area contributed by atoms with Gasteiger partial charge in [-0.1, -0.05) is 208 Å². The third kappa shape index (κ3) is 45.4. The summed E-state index contributed by atoms with van der Waals surface area (Å²) in [4.78, 5) is 37.8. The van der Waals surface area contributed by atoms with Gasteiger partial charge in [-0.3, -0.25) is 14.4 Å². The minimum absolute atomic E-state index is 0.103. The lowest BCUT2D eigenvalue weighted by molar-refractivity contribution is -0.167. The van der Waals surface area contributed by atoms with Crippen molar-refractivity contribution in [2.75, 3.05) is 13.2 Å². The smallest absolute Gasteiger partial charge is 0.306 e. The average molecular weight is 833 g/mol. The molecule has 0 aliphatic rings. The summed E-state index contributed by atoms with van der Waals surface area (Å²) in [6.07, 6.45) is 62.5. The molecule has 0 aromatic heterocycles. The first-order valence-electron chi connectivity index (χ1n) is 24.3. The molecular weight excluding hydrogens is 745 g/mol. The Hall–Kier alpha value is -3.67. The molecule has 1 atom stereocenters. The highest BCUT2D eigenvalue weighted by molar-refractivity contribution is 5.71. The topological polar surface area (TPSA) is 78.9 Å². The van der Waals surface area contributed by atoms with Crippen LogP contribution in [0.3, 0.4) is 0 Å². The molecule has 1 unspecified atom stereocenters. The number of allylic oxidation sites excluding steroid dienone is 16. The Morgan fingerprint density at radius 3 is 1.25 bits per heavy atom. The molecule has 0 aromatic rings. The molecule has 0 spiro atoms. The highest BCUT2D eigenvalue weighted by Crippen LogP contribution is 2.14. The van der Waals surface area contributed by atoms with Crippen LogP contribution in [0, 0.1) is 0 Å². The van der Waals surface area contributed by atoms with Crippen LogP contribution in [0.15, 0.2) is 97.2 Å². The Balaban J connectivity index is 4.51. The molecule has 0 amide bonds. The molecule has 6 heteroatoms. The fourth-order valence-corrected chi connectivity index (χ4v) is 6.30. The normalized spacial score (nSPS) is 12.9. The second-order valence-corrected chi connectivity index (χ2v) is 15.7. The van der Waals surface area contributed by atoms with Crippen LogP contribution in [-0.4, -0.2) is 37.2 Å². The second-order valence-electron chi connectivity index (χ2n) is 15.7. The number of unbranched alkanes of at least 4 members (excludes halogenated alkanes) is 17. The van der Waals surface area contributed by atoms with E-state index in [9.17, 15) is 14.4 Å². The molecule has 340 valence electrons. The van der Waals surface area contributed by atoms with Gasteiger partial charge in [0.1, 0.15) is 13.2 Å². The lowest BCUT2D eigenvalue weighted by Gasteiger charge is -2.18. The number of hydrogen-bond donors (Lipinski definition) is 0. The zero-order valence-corrected chi connectivity index (χ0v) is 38.7. The zero-order valence-electron chi connectivity index (χ0n) is 38.7. The minimum Gasteiger partial charge on any atom is -0.462 e. The third-order valence-corrected chi connectivity index (χ3v) is 9.90. The van der Waals surface area contributed by atoms with Gasteiger partial charge >= 0.3 is 17.9 Å². The Morgan fingerprint density at radius 2 is 0.750 bits per heavy atom. The van der Waals surface area contributed by atoms with Gasteiger partial charge in [-0.2, -0.15) is 0 Å². The van der Waals surface area contributed by atoms with Crippen molar-refractivity contribution in [2.45, 2.75) is 213 Å². The number of carbonyl (C=O) groups is 3. The fourth-order valence-electron chi connectivity index (χ4n) is 6.30. The molecule has 0 fully saturated rings. The van der Waals surface area contributed by atoms with Gasteiger partial charge in [0.15, 0.2) is 6.10 Å². The van der Waals surface area contributed by atoms with Gasteiger partial charge < -0.3 is 14.2 Å². The summed E-state index contributed by atoms with van der Waals surface area (Å²) in [5.41, 5.74) is 0. The molecule has 0 aromatic carbocycles. The molecule has 0 saturated heterocycles. The summed E-state index contributed by atoms with van der Waals surface area (Å²) in [5, 5.41) is 0. The number of ether oxygens (including phenoxy) is 3. The van der Waals surface area contributed by atoms with Crippen molar-refractivity contribution in [3.05, 3.63) is 97.2 Å². The van der Waals surface area contributed by atoms with Crippen molar-refractivity contribution < 1.29 is 28.6 Å². The van der Waals surface area contributed by atoms with Crippen molar-refractivity contribution >= 4 is 17.9 Å². The van der Waals surface area contributed by atoms with E-state index in [1.165, 1.54) is 57.8 Å². The minimum atomic E-state index is -0.809. The largest absolute Gasteiger partial charge is 0.462 e. The maximum atomic E-state index is 12.7. The second kappa shape index (κ2) is 48.0. The molecule has 0 radical (unpaired) electrons. The Kier molecular flexibility index (Phi) is 45.1. The monoisotopic (exact) mass is 833 g/mol. The summed E-state index contributed by atoms with van der Waals surface area (Å²) in [6, 6.07) is 0. The highest BCUT2D eigenvalue weighted by Gasteiger charge is 2.19. The summed E-state index contributed by atoms with van der Waals surface area (Å²) >= 11 is 0. The Labute approximate surface area is 368 Å². The number of rotatable bonds is 42. The Morgan fingerprint density at radius 1 is 0.367 bits per heavy atom. The van der Waals surface area contributed by atoms with Gasteiger partial charge in [0.25, 0.3) is 0 Å². The summed E-state index contributed by atoms with van der Waals surface area (Å²) in [6.45, 7) is 6.30. The number of esters is 3. The van der Waals surface area contributed by atoms with E-state index in [0.717, 1.165) is 103 Å². The van der Waals surface area contributed by atoms with Crippen LogP contribution in [-0.2, 0) is 28.6 Å². The molecule has 0 bridgehead atoms. The van der Waals surface area contributed by atoms with Crippen molar-refractivity contribution in [2.24, 2.45) is 0 Å². The fraction of sp³-hybridized carbons (Fsp3) is 0.648. The molecule has 0 N–H and O–H groups in total. The van der Waals surface area contributed by atoms with Crippen LogP contribution in [0.2, 0.25) is 0 Å². The maximum absolute atomic E-state index is 12.7. The standard InChI is InChI=1S/C54H88O6/c1-4-7-10-13-16-19-22-25-26-27-28-30-32-35-38-41-44-47-53(56)59-50-51(49-58-52(55)46-43-40-37-34-31-24-21-18-15-12-9-6-3)60-54(57)48-45-42-39-36-33-29-23-20-17-14-11-8-5-2/h7-8,10-11,14,16-17,19-20,23,25-26,28,30,35,38,51H,4-6,9,12-13,15,18,21-22,24,27,29,31-34,36-37,39-50H2,1-3H3/b10-7-,11-8-,17-14-,19-16-,23-20-,26-25-,30-28-,38-35-. The quantitative estimate of drug-likeness (QED) is 0.0200. The van der Waals surface area contributed by atoms with Crippen LogP contribution in [0.25, 0.3) is 0 Å². The lowest BCUT2D eigenvalue weighted by Crippen LogP contribution is -2.30. The van der Waals surface area contributed by atoms with Crippen LogP contribution in [0.5, 0.6) is 0 Å². The predicted octanol–water partition coefficient (Wildman–Crippen LogP) is 15.8. The van der Waals surface area contributed by atoms with E-state index in [0.29, 0.717) is 19.3 Å². The van der Waals surface area contributed by atoms with Gasteiger partial charge in [0, 0.05) is 19.3 Å². The molecule has 0 aliphatic heterocycles. The number of hydrogen-bond acceptors (Lipinski definition) is 6. The van der Waals surface area contributed by atoms with Crippen LogP contribution < -0.4 is 0 Å². The molecule has 0 saturated carbocycles. The third-order valence-electron chi connectivity index (χ3n) is 9.90. The van der Waals surface area contributed by atoms with Crippen LogP contribution in [0.1, 0.15) is 207 Å². The molecule has 6 nitrogen and oxygen atoms in total. The van der Waals surface area contributed by atoms with E-state index >= 15 is 0 Å². The van der Waals surface area contributed by atoms with Gasteiger partial charge in [-0.05, 0) is 77.0 Å². The maximum Gasteiger partial charge on any atom is 0.306 e. The van der Waals surface area contributed by atoms with E-state index in [2.05, 4.69) is 112 Å². The zero-order chi connectivity index (χ0) is 43.7. The first-order chi connectivity index (χ1) is 29.5. The molecular formula is C54H88O6. The summed E-state index contributed by atoms with van der Waals surface area (Å²) < 4.78 is 16.7. The van der Waals surface area contributed by atoms with Crippen LogP contribution >= 0.6 is 0 Å². The average Bonchev–Trinajstić information content (AvgIpc) is 3.24. The summed E-state index contributed by atoms with van der Waals surface area (Å²) in [7, 11) is 0. The summed E-state index contributed by atoms with van der Waals surface area (Å²) in [5.74, 6) is -0.991. The van der Waals surface area contributed by atoms with E-state index < -0.39 is 6.10 Å². The lowest BCUT2D eigenvalue weighted by atomic mass is 10.0. The van der Waals surface area contributed by atoms with E-state index in [-0.39, 0.29) is 37.5 Å². The molecule has 0 aliphatic carbocycles. The highest BCUT2D eigenvalue weighted by atomic mass is 16.6. The number of carbonyl (C=O) groups excluding carboxylic acids is 3. The first kappa shape index (κ1) is 56.3. The van der Waals surface area contributed by atoms with Crippen molar-refractivity contribution in [3.8, 4) is 0 Å². The molecule has 0 rings (SSSR count). The first-order valence-corrected chi connectivity index (χ1v) is 24.3. The van der Waals surface area contributed by atoms with Crippen LogP contribution in [0.4, 0.5) is 0 Å². The molecule has 60 heavy (non-hydrogen) atoms. The van der Waals surface area contributed by atoms with E-state index in [1.807, 2.05) is 6.08 Å². The van der Waals surface area contributed by atoms with Gasteiger partial charge in [-0.25, -0.2) is 0 Å². The van der Waals surface area contributed by atoms with Crippen molar-refractivity contribution in [3.63, 3.8) is 0 Å². The van der Waals surface area contributed by atoms with E-state index in [4.69, 9.17) is 14.2 Å².